The van der Waals surface area contributed by atoms with Gasteiger partial charge in [-0.2, -0.15) is 0 Å². The molecule has 1 aliphatic rings. The molecule has 0 fully saturated rings. The second kappa shape index (κ2) is 2.96. The van der Waals surface area contributed by atoms with Crippen LogP contribution in [-0.4, -0.2) is 6.21 Å². The molecule has 1 aromatic heterocycles. The van der Waals surface area contributed by atoms with Crippen LogP contribution in [0.5, 0.6) is 11.5 Å². The predicted octanol–water partition coefficient (Wildman–Crippen LogP) is 3.60. The van der Waals surface area contributed by atoms with Crippen molar-refractivity contribution in [3.05, 3.63) is 41.3 Å². The number of hydrogen-bond acceptors (Lipinski definition) is 3. The van der Waals surface area contributed by atoms with Crippen molar-refractivity contribution in [2.24, 2.45) is 4.99 Å². The van der Waals surface area contributed by atoms with Crippen LogP contribution in [0.2, 0.25) is 0 Å². The molecule has 3 rings (SSSR count). The van der Waals surface area contributed by atoms with Gasteiger partial charge in [0.05, 0.1) is 0 Å². The van der Waals surface area contributed by atoms with Crippen LogP contribution in [0.4, 0.5) is 5.00 Å². The van der Waals surface area contributed by atoms with Gasteiger partial charge in [0.2, 0.25) is 0 Å². The van der Waals surface area contributed by atoms with Crippen molar-refractivity contribution >= 4 is 22.6 Å². The number of para-hydroxylation sites is 1. The number of ether oxygens (including phenoxy) is 1. The topological polar surface area (TPSA) is 21.6 Å². The molecule has 2 nitrogen and oxygen atoms in total. The predicted molar refractivity (Wildman–Crippen MR) is 58.1 cm³/mol. The molecule has 1 aliphatic heterocycles. The van der Waals surface area contributed by atoms with Crippen molar-refractivity contribution in [2.45, 2.75) is 0 Å². The zero-order valence-corrected chi connectivity index (χ0v) is 8.12. The maximum absolute atomic E-state index is 5.73. The summed E-state index contributed by atoms with van der Waals surface area (Å²) in [5, 5.41) is 2.91. The summed E-state index contributed by atoms with van der Waals surface area (Å²) < 4.78 is 5.73. The van der Waals surface area contributed by atoms with Crippen LogP contribution in [0.15, 0.2) is 40.7 Å². The van der Waals surface area contributed by atoms with E-state index in [9.17, 15) is 0 Å². The molecule has 0 saturated carbocycles. The highest BCUT2D eigenvalue weighted by Gasteiger charge is 2.11. The Labute approximate surface area is 85.5 Å². The van der Waals surface area contributed by atoms with E-state index in [1.54, 1.807) is 11.3 Å². The highest BCUT2D eigenvalue weighted by atomic mass is 32.1. The quantitative estimate of drug-likeness (QED) is 0.544. The van der Waals surface area contributed by atoms with Crippen LogP contribution in [0.1, 0.15) is 5.56 Å². The van der Waals surface area contributed by atoms with E-state index in [1.807, 2.05) is 41.9 Å². The van der Waals surface area contributed by atoms with E-state index in [4.69, 9.17) is 4.74 Å². The van der Waals surface area contributed by atoms with Crippen LogP contribution < -0.4 is 4.74 Å². The van der Waals surface area contributed by atoms with Crippen molar-refractivity contribution in [2.75, 3.05) is 0 Å². The third kappa shape index (κ3) is 1.14. The van der Waals surface area contributed by atoms with E-state index in [0.29, 0.717) is 0 Å². The van der Waals surface area contributed by atoms with Crippen LogP contribution >= 0.6 is 11.3 Å². The summed E-state index contributed by atoms with van der Waals surface area (Å²) in [6.07, 6.45) is 1.84. The molecule has 0 aliphatic carbocycles. The number of benzene rings is 1. The van der Waals surface area contributed by atoms with Crippen LogP contribution in [0, 0.1) is 0 Å². The lowest BCUT2D eigenvalue weighted by atomic mass is 10.2. The zero-order valence-electron chi connectivity index (χ0n) is 7.31. The Morgan fingerprint density at radius 3 is 3.00 bits per heavy atom. The first kappa shape index (κ1) is 7.76. The summed E-state index contributed by atoms with van der Waals surface area (Å²) in [5.41, 5.74) is 1.02. The minimum Gasteiger partial charge on any atom is -0.453 e. The molecule has 68 valence electrons. The van der Waals surface area contributed by atoms with Gasteiger partial charge in [0, 0.05) is 11.8 Å². The largest absolute Gasteiger partial charge is 0.453 e. The minimum absolute atomic E-state index is 0.844. The number of rotatable bonds is 0. The van der Waals surface area contributed by atoms with Gasteiger partial charge in [-0.1, -0.05) is 12.1 Å². The van der Waals surface area contributed by atoms with Gasteiger partial charge >= 0.3 is 0 Å². The van der Waals surface area contributed by atoms with Crippen molar-refractivity contribution < 1.29 is 4.74 Å². The summed E-state index contributed by atoms with van der Waals surface area (Å²) in [6, 6.07) is 9.83. The molecular weight excluding hydrogens is 194 g/mol. The fraction of sp³-hybridized carbons (Fsp3) is 0. The average molecular weight is 201 g/mol. The number of hydrogen-bond donors (Lipinski definition) is 0. The Balaban J connectivity index is 2.19. The SMILES string of the molecule is C1=Nc2sccc2Oc2ccccc21. The number of thiophene rings is 1. The maximum Gasteiger partial charge on any atom is 0.164 e. The summed E-state index contributed by atoms with van der Waals surface area (Å²) in [5.74, 6) is 1.71. The monoisotopic (exact) mass is 201 g/mol. The van der Waals surface area contributed by atoms with E-state index in [2.05, 4.69) is 4.99 Å². The van der Waals surface area contributed by atoms with Crippen molar-refractivity contribution in [1.82, 2.24) is 0 Å². The zero-order chi connectivity index (χ0) is 9.38. The third-order valence-corrected chi connectivity index (χ3v) is 2.87. The molecule has 0 unspecified atom stereocenters. The molecule has 1 aromatic carbocycles. The lowest BCUT2D eigenvalue weighted by Gasteiger charge is -2.03. The molecule has 0 amide bonds. The lowest BCUT2D eigenvalue weighted by Crippen LogP contribution is -1.85. The lowest BCUT2D eigenvalue weighted by molar-refractivity contribution is 0.487. The van der Waals surface area contributed by atoms with Crippen LogP contribution in [0.3, 0.4) is 0 Å². The number of aliphatic imine (C=N–C) groups is 1. The standard InChI is InChI=1S/C11H7NOS/c1-2-4-9-8(3-1)7-12-11-10(13-9)5-6-14-11/h1-7H. The molecule has 0 bridgehead atoms. The second-order valence-electron chi connectivity index (χ2n) is 2.99. The van der Waals surface area contributed by atoms with Crippen molar-refractivity contribution in [3.8, 4) is 11.5 Å². The molecule has 0 atom stereocenters. The molecule has 0 spiro atoms. The number of nitrogens with zero attached hydrogens (tertiary/aromatic N) is 1. The molecular formula is C11H7NOS. The highest BCUT2D eigenvalue weighted by Crippen LogP contribution is 2.39. The van der Waals surface area contributed by atoms with Gasteiger partial charge in [0.1, 0.15) is 5.75 Å². The molecule has 0 saturated heterocycles. The Kier molecular flexibility index (Phi) is 1.64. The van der Waals surface area contributed by atoms with Gasteiger partial charge in [0.25, 0.3) is 0 Å². The first-order valence-corrected chi connectivity index (χ1v) is 5.20. The highest BCUT2D eigenvalue weighted by molar-refractivity contribution is 7.14. The van der Waals surface area contributed by atoms with E-state index in [1.165, 1.54) is 0 Å². The van der Waals surface area contributed by atoms with Crippen LogP contribution in [0.25, 0.3) is 0 Å². The molecule has 14 heavy (non-hydrogen) atoms. The Bertz CT molecular complexity index is 501. The Hall–Kier alpha value is -1.61. The Morgan fingerprint density at radius 1 is 1.07 bits per heavy atom. The second-order valence-corrected chi connectivity index (χ2v) is 3.88. The fourth-order valence-corrected chi connectivity index (χ4v) is 2.05. The van der Waals surface area contributed by atoms with Gasteiger partial charge in [-0.3, -0.25) is 0 Å². The van der Waals surface area contributed by atoms with Crippen LogP contribution in [-0.2, 0) is 0 Å². The molecule has 2 aromatic rings. The average Bonchev–Trinajstić information content (AvgIpc) is 2.58. The normalized spacial score (nSPS) is 12.6. The molecule has 3 heteroatoms. The van der Waals surface area contributed by atoms with Gasteiger partial charge in [-0.15, -0.1) is 11.3 Å². The minimum atomic E-state index is 0.844. The molecule has 2 heterocycles. The van der Waals surface area contributed by atoms with E-state index < -0.39 is 0 Å². The van der Waals surface area contributed by atoms with E-state index >= 15 is 0 Å². The molecule has 0 N–H and O–H groups in total. The third-order valence-electron chi connectivity index (χ3n) is 2.07. The molecule has 0 radical (unpaired) electrons. The van der Waals surface area contributed by atoms with E-state index in [0.717, 1.165) is 22.1 Å². The van der Waals surface area contributed by atoms with Gasteiger partial charge in [-0.05, 0) is 23.6 Å². The van der Waals surface area contributed by atoms with Crippen molar-refractivity contribution in [1.29, 1.82) is 0 Å². The Morgan fingerprint density at radius 2 is 2.00 bits per heavy atom. The fourth-order valence-electron chi connectivity index (χ4n) is 1.39. The smallest absolute Gasteiger partial charge is 0.164 e. The van der Waals surface area contributed by atoms with Gasteiger partial charge < -0.3 is 4.74 Å². The summed E-state index contributed by atoms with van der Waals surface area (Å²) >= 11 is 1.59. The van der Waals surface area contributed by atoms with Crippen molar-refractivity contribution in [3.63, 3.8) is 0 Å². The maximum atomic E-state index is 5.73. The number of fused-ring (bicyclic) bond motifs is 2. The van der Waals surface area contributed by atoms with E-state index in [-0.39, 0.29) is 0 Å². The summed E-state index contributed by atoms with van der Waals surface area (Å²) in [7, 11) is 0. The van der Waals surface area contributed by atoms with Gasteiger partial charge in [0.15, 0.2) is 10.8 Å². The first-order chi connectivity index (χ1) is 6.93. The first-order valence-electron chi connectivity index (χ1n) is 4.32. The summed E-state index contributed by atoms with van der Waals surface area (Å²) in [4.78, 5) is 4.36. The van der Waals surface area contributed by atoms with Gasteiger partial charge in [-0.25, -0.2) is 4.99 Å². The summed E-state index contributed by atoms with van der Waals surface area (Å²) in [6.45, 7) is 0.